The Morgan fingerprint density at radius 1 is 1.24 bits per heavy atom. The van der Waals surface area contributed by atoms with Crippen molar-refractivity contribution in [3.63, 3.8) is 0 Å². The van der Waals surface area contributed by atoms with Crippen LogP contribution >= 0.6 is 0 Å². The van der Waals surface area contributed by atoms with Gasteiger partial charge in [-0.25, -0.2) is 0 Å². The van der Waals surface area contributed by atoms with Gasteiger partial charge in [0.05, 0.1) is 18.1 Å². The molecule has 2 rings (SSSR count). The first-order valence-electron chi connectivity index (χ1n) is 11.3. The number of carbonyl (C=O) groups excluding carboxylic acids is 3. The number of ether oxygens (including phenoxy) is 1. The molecule has 1 aliphatic carbocycles. The van der Waals surface area contributed by atoms with Gasteiger partial charge >= 0.3 is 12.1 Å². The molecule has 1 aliphatic heterocycles. The normalized spacial score (nSPS) is 21.5. The standard InChI is InChI=1S/C15H27NO2.C6H13NO.C2H2F3NO/c1-11-9-16(10-14(11,3)4)13(17)8-12(2)18-15(5)6-7-15;1-4-6(2,3)7-5-8;3-2(4,5)1(6)7/h11-12H,6-10H2,1-5H3;5H,4H2,1-3H3,(H,7,8);(H2,6,7)/t11-,12+;;/m0../s1. The lowest BCUT2D eigenvalue weighted by molar-refractivity contribution is -0.169. The molecule has 0 radical (unpaired) electrons. The predicted molar refractivity (Wildman–Crippen MR) is 121 cm³/mol. The molecule has 1 saturated carbocycles. The topological polar surface area (TPSA) is 102 Å². The van der Waals surface area contributed by atoms with Crippen LogP contribution in [0.5, 0.6) is 0 Å². The molecule has 0 aromatic heterocycles. The van der Waals surface area contributed by atoms with E-state index in [0.717, 1.165) is 38.8 Å². The lowest BCUT2D eigenvalue weighted by Gasteiger charge is -2.23. The summed E-state index contributed by atoms with van der Waals surface area (Å²) in [5.41, 5.74) is 4.10. The van der Waals surface area contributed by atoms with Crippen molar-refractivity contribution in [1.82, 2.24) is 10.2 Å². The van der Waals surface area contributed by atoms with Crippen molar-refractivity contribution in [2.24, 2.45) is 17.1 Å². The van der Waals surface area contributed by atoms with Gasteiger partial charge in [0.1, 0.15) is 0 Å². The summed E-state index contributed by atoms with van der Waals surface area (Å²) < 4.78 is 38.0. The number of hydrogen-bond donors (Lipinski definition) is 2. The van der Waals surface area contributed by atoms with Gasteiger partial charge in [-0.1, -0.05) is 27.7 Å². The van der Waals surface area contributed by atoms with E-state index in [-0.39, 0.29) is 28.6 Å². The second-order valence-corrected chi connectivity index (χ2v) is 10.6. The zero-order chi connectivity index (χ0) is 26.3. The van der Waals surface area contributed by atoms with E-state index < -0.39 is 12.1 Å². The van der Waals surface area contributed by atoms with Crippen molar-refractivity contribution in [3.8, 4) is 0 Å². The Labute approximate surface area is 196 Å². The van der Waals surface area contributed by atoms with E-state index in [1.807, 2.05) is 32.6 Å². The Hall–Kier alpha value is -1.84. The molecule has 2 atom stereocenters. The van der Waals surface area contributed by atoms with Crippen LogP contribution in [0.1, 0.15) is 81.1 Å². The minimum Gasteiger partial charge on any atom is -0.372 e. The zero-order valence-electron chi connectivity index (χ0n) is 21.3. The van der Waals surface area contributed by atoms with Crippen LogP contribution in [0.3, 0.4) is 0 Å². The van der Waals surface area contributed by atoms with Crippen LogP contribution in [-0.4, -0.2) is 59.6 Å². The minimum absolute atomic E-state index is 0.0260. The van der Waals surface area contributed by atoms with E-state index in [0.29, 0.717) is 12.3 Å². The molecular weight excluding hydrogens is 439 g/mol. The van der Waals surface area contributed by atoms with Gasteiger partial charge in [-0.3, -0.25) is 14.4 Å². The molecular formula is C23H42F3N3O4. The molecule has 0 aromatic rings. The van der Waals surface area contributed by atoms with Gasteiger partial charge in [0, 0.05) is 18.6 Å². The fourth-order valence-electron chi connectivity index (χ4n) is 2.94. The number of halogens is 3. The maximum absolute atomic E-state index is 12.2. The van der Waals surface area contributed by atoms with E-state index in [1.165, 1.54) is 0 Å². The van der Waals surface area contributed by atoms with Crippen LogP contribution in [-0.2, 0) is 19.1 Å². The van der Waals surface area contributed by atoms with Crippen molar-refractivity contribution in [2.45, 2.75) is 104 Å². The number of nitrogens with zero attached hydrogens (tertiary/aromatic N) is 1. The second-order valence-electron chi connectivity index (χ2n) is 10.6. The van der Waals surface area contributed by atoms with Crippen molar-refractivity contribution < 1.29 is 32.3 Å². The molecule has 2 fully saturated rings. The monoisotopic (exact) mass is 481 g/mol. The molecule has 1 saturated heterocycles. The zero-order valence-corrected chi connectivity index (χ0v) is 21.3. The highest BCUT2D eigenvalue weighted by Gasteiger charge is 2.42. The molecule has 33 heavy (non-hydrogen) atoms. The Morgan fingerprint density at radius 2 is 1.73 bits per heavy atom. The summed E-state index contributed by atoms with van der Waals surface area (Å²) in [6.07, 6.45) is -0.310. The van der Waals surface area contributed by atoms with Crippen LogP contribution in [0.25, 0.3) is 0 Å². The third-order valence-electron chi connectivity index (χ3n) is 6.29. The van der Waals surface area contributed by atoms with Gasteiger partial charge < -0.3 is 20.7 Å². The number of rotatable bonds is 7. The average molecular weight is 482 g/mol. The summed E-state index contributed by atoms with van der Waals surface area (Å²) in [6.45, 7) is 18.7. The molecule has 2 aliphatic rings. The summed E-state index contributed by atoms with van der Waals surface area (Å²) in [4.78, 5) is 33.2. The van der Waals surface area contributed by atoms with Crippen LogP contribution in [0.4, 0.5) is 13.2 Å². The molecule has 1 heterocycles. The number of primary amides is 1. The molecule has 194 valence electrons. The molecule has 0 unspecified atom stereocenters. The maximum Gasteiger partial charge on any atom is 0.470 e. The fraction of sp³-hybridized carbons (Fsp3) is 0.870. The van der Waals surface area contributed by atoms with Crippen LogP contribution in [0, 0.1) is 11.3 Å². The van der Waals surface area contributed by atoms with Crippen molar-refractivity contribution in [3.05, 3.63) is 0 Å². The molecule has 3 N–H and O–H groups in total. The fourth-order valence-corrected chi connectivity index (χ4v) is 2.94. The highest BCUT2D eigenvalue weighted by atomic mass is 19.4. The Bertz CT molecular complexity index is 662. The number of alkyl halides is 3. The second kappa shape index (κ2) is 12.0. The molecule has 7 nitrogen and oxygen atoms in total. The largest absolute Gasteiger partial charge is 0.470 e. The van der Waals surface area contributed by atoms with E-state index in [1.54, 1.807) is 0 Å². The number of carbonyl (C=O) groups is 3. The quantitative estimate of drug-likeness (QED) is 0.540. The van der Waals surface area contributed by atoms with E-state index >= 15 is 0 Å². The average Bonchev–Trinajstić information content (AvgIpc) is 3.29. The van der Waals surface area contributed by atoms with Crippen LogP contribution < -0.4 is 11.1 Å². The predicted octanol–water partition coefficient (Wildman–Crippen LogP) is 3.79. The smallest absolute Gasteiger partial charge is 0.372 e. The van der Waals surface area contributed by atoms with Crippen molar-refractivity contribution in [1.29, 1.82) is 0 Å². The third-order valence-corrected chi connectivity index (χ3v) is 6.29. The summed E-state index contributed by atoms with van der Waals surface area (Å²) >= 11 is 0. The van der Waals surface area contributed by atoms with Gasteiger partial charge in [-0.05, 0) is 58.3 Å². The number of hydrogen-bond acceptors (Lipinski definition) is 4. The molecule has 0 bridgehead atoms. The van der Waals surface area contributed by atoms with Gasteiger partial charge in [-0.2, -0.15) is 13.2 Å². The van der Waals surface area contributed by atoms with Gasteiger partial charge in [0.2, 0.25) is 12.3 Å². The Kier molecular flexibility index (Phi) is 11.4. The summed E-state index contributed by atoms with van der Waals surface area (Å²) in [5, 5.41) is 2.69. The molecule has 10 heteroatoms. The van der Waals surface area contributed by atoms with Gasteiger partial charge in [-0.15, -0.1) is 0 Å². The van der Waals surface area contributed by atoms with E-state index in [9.17, 15) is 22.8 Å². The van der Waals surface area contributed by atoms with E-state index in [2.05, 4.69) is 38.7 Å². The lowest BCUT2D eigenvalue weighted by atomic mass is 9.84. The summed E-state index contributed by atoms with van der Waals surface area (Å²) in [7, 11) is 0. The number of likely N-dealkylation sites (tertiary alicyclic amines) is 1. The Morgan fingerprint density at radius 3 is 2.00 bits per heavy atom. The molecule has 3 amide bonds. The summed E-state index contributed by atoms with van der Waals surface area (Å²) in [6, 6.07) is 0. The first-order chi connectivity index (χ1) is 14.8. The molecule has 0 spiro atoms. The number of nitrogens with one attached hydrogen (secondary N) is 1. The lowest BCUT2D eigenvalue weighted by Crippen LogP contribution is -2.37. The van der Waals surface area contributed by atoms with Crippen molar-refractivity contribution >= 4 is 18.2 Å². The highest BCUT2D eigenvalue weighted by molar-refractivity contribution is 5.79. The van der Waals surface area contributed by atoms with Gasteiger partial charge in [0.25, 0.3) is 0 Å². The summed E-state index contributed by atoms with van der Waals surface area (Å²) in [5.74, 6) is -1.42. The van der Waals surface area contributed by atoms with Crippen LogP contribution in [0.15, 0.2) is 0 Å². The SMILES string of the molecule is CCC(C)(C)NC=O.C[C@H](CC(=O)N1C[C@H](C)C(C)(C)C1)OC1(C)CC1.NC(=O)C(F)(F)F. The first-order valence-corrected chi connectivity index (χ1v) is 11.3. The maximum atomic E-state index is 12.2. The molecule has 0 aromatic carbocycles. The first kappa shape index (κ1) is 31.2. The minimum atomic E-state index is -4.86. The third kappa shape index (κ3) is 12.3. The van der Waals surface area contributed by atoms with Crippen molar-refractivity contribution in [2.75, 3.05) is 13.1 Å². The van der Waals surface area contributed by atoms with E-state index in [4.69, 9.17) is 9.53 Å². The Balaban J connectivity index is 0.000000569. The highest BCUT2D eigenvalue weighted by Crippen LogP contribution is 2.40. The van der Waals surface area contributed by atoms with Gasteiger partial charge in [0.15, 0.2) is 0 Å². The number of amides is 3. The van der Waals surface area contributed by atoms with Crippen LogP contribution in [0.2, 0.25) is 0 Å². The number of nitrogens with two attached hydrogens (primary N) is 1.